The number of carboxylic acids is 1. The molecule has 1 fully saturated rings. The number of carbonyl (C=O) groups excluding carboxylic acids is 1. The molecule has 5 nitrogen and oxygen atoms in total. The molecule has 0 unspecified atom stereocenters. The van der Waals surface area contributed by atoms with Crippen molar-refractivity contribution in [2.75, 3.05) is 13.7 Å². The number of ether oxygens (including phenoxy) is 1. The quantitative estimate of drug-likeness (QED) is 0.657. The van der Waals surface area contributed by atoms with Gasteiger partial charge in [0.05, 0.1) is 5.41 Å². The Labute approximate surface area is 108 Å². The molecule has 18 heavy (non-hydrogen) atoms. The summed E-state index contributed by atoms with van der Waals surface area (Å²) in [6, 6.07) is -0.752. The number of amides is 1. The van der Waals surface area contributed by atoms with E-state index in [0.29, 0.717) is 19.4 Å². The SMILES string of the molecule is CCCC[C@H](NC(=O)C1(CCOC)CC1)C(=O)O. The summed E-state index contributed by atoms with van der Waals surface area (Å²) in [5, 5.41) is 11.7. The molecule has 0 saturated heterocycles. The molecule has 0 heterocycles. The average molecular weight is 257 g/mol. The van der Waals surface area contributed by atoms with Gasteiger partial charge < -0.3 is 15.2 Å². The molecule has 1 saturated carbocycles. The van der Waals surface area contributed by atoms with Gasteiger partial charge in [-0.1, -0.05) is 19.8 Å². The molecule has 104 valence electrons. The number of carboxylic acid groups (broad SMARTS) is 1. The van der Waals surface area contributed by atoms with Crippen LogP contribution < -0.4 is 5.32 Å². The second-order valence-corrected chi connectivity index (χ2v) is 5.03. The summed E-state index contributed by atoms with van der Waals surface area (Å²) in [5.41, 5.74) is -0.365. The fourth-order valence-corrected chi connectivity index (χ4v) is 2.02. The first-order valence-electron chi connectivity index (χ1n) is 6.58. The molecule has 2 N–H and O–H groups in total. The van der Waals surface area contributed by atoms with Crippen molar-refractivity contribution >= 4 is 11.9 Å². The minimum absolute atomic E-state index is 0.122. The van der Waals surface area contributed by atoms with Gasteiger partial charge in [0.15, 0.2) is 0 Å². The van der Waals surface area contributed by atoms with Crippen molar-refractivity contribution in [1.82, 2.24) is 5.32 Å². The van der Waals surface area contributed by atoms with Gasteiger partial charge >= 0.3 is 5.97 Å². The molecule has 0 spiro atoms. The van der Waals surface area contributed by atoms with Crippen molar-refractivity contribution in [2.24, 2.45) is 5.41 Å². The lowest BCUT2D eigenvalue weighted by Gasteiger charge is -2.19. The summed E-state index contributed by atoms with van der Waals surface area (Å²) in [5.74, 6) is -1.07. The highest BCUT2D eigenvalue weighted by atomic mass is 16.5. The molecular formula is C13H23NO4. The maximum Gasteiger partial charge on any atom is 0.326 e. The minimum Gasteiger partial charge on any atom is -0.480 e. The van der Waals surface area contributed by atoms with Crippen molar-refractivity contribution in [3.63, 3.8) is 0 Å². The topological polar surface area (TPSA) is 75.6 Å². The molecule has 1 amide bonds. The predicted octanol–water partition coefficient (Wildman–Crippen LogP) is 1.56. The number of hydrogen-bond donors (Lipinski definition) is 2. The highest BCUT2D eigenvalue weighted by molar-refractivity contribution is 5.89. The monoisotopic (exact) mass is 257 g/mol. The molecule has 1 atom stereocenters. The first-order valence-corrected chi connectivity index (χ1v) is 6.58. The van der Waals surface area contributed by atoms with Crippen LogP contribution in [0.25, 0.3) is 0 Å². The fraction of sp³-hybridized carbons (Fsp3) is 0.846. The Morgan fingerprint density at radius 1 is 1.44 bits per heavy atom. The van der Waals surface area contributed by atoms with Gasteiger partial charge in [-0.15, -0.1) is 0 Å². The second kappa shape index (κ2) is 6.73. The lowest BCUT2D eigenvalue weighted by molar-refractivity contribution is -0.143. The van der Waals surface area contributed by atoms with E-state index >= 15 is 0 Å². The Balaban J connectivity index is 2.48. The van der Waals surface area contributed by atoms with E-state index in [1.165, 1.54) is 0 Å². The van der Waals surface area contributed by atoms with Crippen LogP contribution in [0.5, 0.6) is 0 Å². The van der Waals surface area contributed by atoms with E-state index in [1.807, 2.05) is 6.92 Å². The van der Waals surface area contributed by atoms with E-state index in [1.54, 1.807) is 7.11 Å². The molecule has 1 aliphatic carbocycles. The van der Waals surface area contributed by atoms with E-state index in [9.17, 15) is 9.59 Å². The van der Waals surface area contributed by atoms with Crippen molar-refractivity contribution < 1.29 is 19.4 Å². The predicted molar refractivity (Wildman–Crippen MR) is 67.3 cm³/mol. The molecule has 0 aliphatic heterocycles. The lowest BCUT2D eigenvalue weighted by atomic mass is 10.0. The highest BCUT2D eigenvalue weighted by Crippen LogP contribution is 2.49. The van der Waals surface area contributed by atoms with Crippen LogP contribution in [0.4, 0.5) is 0 Å². The average Bonchev–Trinajstić information content (AvgIpc) is 3.12. The van der Waals surface area contributed by atoms with Crippen molar-refractivity contribution in [3.05, 3.63) is 0 Å². The van der Waals surface area contributed by atoms with Crippen LogP contribution in [-0.4, -0.2) is 36.7 Å². The number of rotatable bonds is 9. The van der Waals surface area contributed by atoms with Gasteiger partial charge in [0.1, 0.15) is 6.04 Å². The Hall–Kier alpha value is -1.10. The van der Waals surface area contributed by atoms with Gasteiger partial charge in [-0.3, -0.25) is 4.79 Å². The van der Waals surface area contributed by atoms with E-state index in [-0.39, 0.29) is 11.3 Å². The third-order valence-electron chi connectivity index (χ3n) is 3.57. The van der Waals surface area contributed by atoms with Gasteiger partial charge in [0, 0.05) is 13.7 Å². The summed E-state index contributed by atoms with van der Waals surface area (Å²) >= 11 is 0. The minimum atomic E-state index is -0.945. The zero-order valence-electron chi connectivity index (χ0n) is 11.2. The molecule has 0 aromatic rings. The number of nitrogens with one attached hydrogen (secondary N) is 1. The van der Waals surface area contributed by atoms with Gasteiger partial charge in [0.25, 0.3) is 0 Å². The number of methoxy groups -OCH3 is 1. The summed E-state index contributed by atoms with van der Waals surface area (Å²) in [7, 11) is 1.61. The van der Waals surface area contributed by atoms with E-state index in [0.717, 1.165) is 25.7 Å². The Kier molecular flexibility index (Phi) is 5.59. The maximum atomic E-state index is 12.1. The van der Waals surface area contributed by atoms with Crippen LogP contribution in [0.15, 0.2) is 0 Å². The fourth-order valence-electron chi connectivity index (χ4n) is 2.02. The van der Waals surface area contributed by atoms with Crippen LogP contribution >= 0.6 is 0 Å². The molecule has 1 aliphatic rings. The number of carbonyl (C=O) groups is 2. The Morgan fingerprint density at radius 2 is 2.11 bits per heavy atom. The number of unbranched alkanes of at least 4 members (excludes halogenated alkanes) is 1. The molecule has 0 aromatic heterocycles. The first-order chi connectivity index (χ1) is 8.55. The van der Waals surface area contributed by atoms with E-state index < -0.39 is 12.0 Å². The van der Waals surface area contributed by atoms with Crippen molar-refractivity contribution in [2.45, 2.75) is 51.5 Å². The van der Waals surface area contributed by atoms with Gasteiger partial charge in [0.2, 0.25) is 5.91 Å². The summed E-state index contributed by atoms with van der Waals surface area (Å²) < 4.78 is 4.99. The lowest BCUT2D eigenvalue weighted by Crippen LogP contribution is -2.44. The molecular weight excluding hydrogens is 234 g/mol. The normalized spacial score (nSPS) is 18.1. The van der Waals surface area contributed by atoms with Gasteiger partial charge in [-0.25, -0.2) is 4.79 Å². The van der Waals surface area contributed by atoms with Crippen LogP contribution in [0, 0.1) is 5.41 Å². The molecule has 0 bridgehead atoms. The standard InChI is InChI=1S/C13H23NO4/c1-3-4-5-10(11(15)16)14-12(17)13(6-7-13)8-9-18-2/h10H,3-9H2,1-2H3,(H,14,17)(H,15,16)/t10-/m0/s1. The van der Waals surface area contributed by atoms with Crippen molar-refractivity contribution in [3.8, 4) is 0 Å². The first kappa shape index (κ1) is 15.0. The van der Waals surface area contributed by atoms with Crippen LogP contribution in [0.3, 0.4) is 0 Å². The van der Waals surface area contributed by atoms with E-state index in [2.05, 4.69) is 5.32 Å². The van der Waals surface area contributed by atoms with Gasteiger partial charge in [-0.05, 0) is 25.7 Å². The maximum absolute atomic E-state index is 12.1. The third-order valence-corrected chi connectivity index (χ3v) is 3.57. The zero-order chi connectivity index (χ0) is 13.6. The summed E-state index contributed by atoms with van der Waals surface area (Å²) in [4.78, 5) is 23.1. The Morgan fingerprint density at radius 3 is 2.56 bits per heavy atom. The Bertz CT molecular complexity index is 299. The largest absolute Gasteiger partial charge is 0.480 e. The van der Waals surface area contributed by atoms with Gasteiger partial charge in [-0.2, -0.15) is 0 Å². The molecule has 0 aromatic carbocycles. The van der Waals surface area contributed by atoms with Crippen LogP contribution in [0.1, 0.15) is 45.4 Å². The number of aliphatic carboxylic acids is 1. The highest BCUT2D eigenvalue weighted by Gasteiger charge is 2.49. The summed E-state index contributed by atoms with van der Waals surface area (Å²) in [6.07, 6.45) is 4.58. The number of hydrogen-bond acceptors (Lipinski definition) is 3. The molecule has 5 heteroatoms. The third kappa shape index (κ3) is 3.98. The summed E-state index contributed by atoms with van der Waals surface area (Å²) in [6.45, 7) is 2.54. The van der Waals surface area contributed by atoms with E-state index in [4.69, 9.17) is 9.84 Å². The van der Waals surface area contributed by atoms with Crippen molar-refractivity contribution in [1.29, 1.82) is 0 Å². The molecule has 1 rings (SSSR count). The van der Waals surface area contributed by atoms with Crippen LogP contribution in [-0.2, 0) is 14.3 Å². The smallest absolute Gasteiger partial charge is 0.326 e. The second-order valence-electron chi connectivity index (χ2n) is 5.03. The van der Waals surface area contributed by atoms with Crippen LogP contribution in [0.2, 0.25) is 0 Å². The molecule has 0 radical (unpaired) electrons. The zero-order valence-corrected chi connectivity index (χ0v) is 11.2.